The Balaban J connectivity index is 2.75. The van der Waals surface area contributed by atoms with Gasteiger partial charge >= 0.3 is 0 Å². The van der Waals surface area contributed by atoms with Crippen molar-refractivity contribution >= 4 is 21.4 Å². The molecule has 0 aromatic carbocycles. The van der Waals surface area contributed by atoms with E-state index in [4.69, 9.17) is 0 Å². The highest BCUT2D eigenvalue weighted by molar-refractivity contribution is 7.91. The van der Waals surface area contributed by atoms with E-state index in [-0.39, 0.29) is 0 Å². The maximum absolute atomic E-state index is 12.0. The van der Waals surface area contributed by atoms with Crippen LogP contribution in [0.25, 0.3) is 0 Å². The van der Waals surface area contributed by atoms with Gasteiger partial charge in [0, 0.05) is 24.5 Å². The lowest BCUT2D eigenvalue weighted by molar-refractivity contribution is 0.412. The maximum atomic E-state index is 12.0. The second-order valence-corrected chi connectivity index (χ2v) is 7.53. The molecule has 0 fully saturated rings. The van der Waals surface area contributed by atoms with Gasteiger partial charge in [-0.15, -0.1) is 11.3 Å². The third-order valence-corrected chi connectivity index (χ3v) is 5.62. The van der Waals surface area contributed by atoms with E-state index in [0.717, 1.165) is 10.4 Å². The molecular weight excluding hydrogens is 270 g/mol. The van der Waals surface area contributed by atoms with Crippen LogP contribution in [0.1, 0.15) is 10.4 Å². The quantitative estimate of drug-likeness (QED) is 0.773. The van der Waals surface area contributed by atoms with Gasteiger partial charge < -0.3 is 10.2 Å². The van der Waals surface area contributed by atoms with Crippen molar-refractivity contribution < 1.29 is 8.42 Å². The fourth-order valence-electron chi connectivity index (χ4n) is 1.43. The molecule has 0 aliphatic rings. The van der Waals surface area contributed by atoms with Crippen LogP contribution in [0.15, 0.2) is 10.3 Å². The number of nitrogens with zero attached hydrogens (tertiary/aromatic N) is 1. The van der Waals surface area contributed by atoms with E-state index in [1.165, 1.54) is 11.3 Å². The van der Waals surface area contributed by atoms with Gasteiger partial charge in [-0.2, -0.15) is 0 Å². The molecule has 2 N–H and O–H groups in total. The van der Waals surface area contributed by atoms with Crippen molar-refractivity contribution in [2.45, 2.75) is 17.7 Å². The SMILES string of the molecule is CNCc1sc(S(=O)(=O)NCCN(C)C)cc1C. The number of hydrogen-bond acceptors (Lipinski definition) is 5. The monoisotopic (exact) mass is 291 g/mol. The standard InChI is InChI=1S/C11H21N3O2S2/c1-9-7-11(17-10(9)8-12-2)18(15,16)13-5-6-14(3)4/h7,12-13H,5-6,8H2,1-4H3. The van der Waals surface area contributed by atoms with Gasteiger partial charge in [0.15, 0.2) is 0 Å². The number of nitrogens with one attached hydrogen (secondary N) is 2. The predicted molar refractivity (Wildman–Crippen MR) is 75.6 cm³/mol. The number of sulfonamides is 1. The Labute approximate surface area is 113 Å². The zero-order valence-electron chi connectivity index (χ0n) is 11.3. The number of hydrogen-bond donors (Lipinski definition) is 2. The Kier molecular flexibility index (Phi) is 5.74. The molecular formula is C11H21N3O2S2. The van der Waals surface area contributed by atoms with Gasteiger partial charge in [-0.1, -0.05) is 0 Å². The largest absolute Gasteiger partial charge is 0.315 e. The van der Waals surface area contributed by atoms with E-state index in [1.54, 1.807) is 6.07 Å². The van der Waals surface area contributed by atoms with E-state index in [0.29, 0.717) is 23.8 Å². The molecule has 1 aromatic heterocycles. The third kappa shape index (κ3) is 4.33. The summed E-state index contributed by atoms with van der Waals surface area (Å²) in [4.78, 5) is 3.00. The second kappa shape index (κ2) is 6.63. The topological polar surface area (TPSA) is 61.4 Å². The lowest BCUT2D eigenvalue weighted by Crippen LogP contribution is -2.30. The lowest BCUT2D eigenvalue weighted by atomic mass is 10.3. The maximum Gasteiger partial charge on any atom is 0.250 e. The van der Waals surface area contributed by atoms with Crippen molar-refractivity contribution in [2.24, 2.45) is 0 Å². The fourth-order valence-corrected chi connectivity index (χ4v) is 4.10. The number of aryl methyl sites for hydroxylation is 1. The highest BCUT2D eigenvalue weighted by Gasteiger charge is 2.18. The molecule has 0 bridgehead atoms. The normalized spacial score (nSPS) is 12.3. The van der Waals surface area contributed by atoms with Crippen molar-refractivity contribution in [2.75, 3.05) is 34.2 Å². The molecule has 0 amide bonds. The first-order chi connectivity index (χ1) is 8.36. The molecule has 0 radical (unpaired) electrons. The minimum absolute atomic E-state index is 0.393. The minimum Gasteiger partial charge on any atom is -0.315 e. The van der Waals surface area contributed by atoms with Crippen molar-refractivity contribution in [1.29, 1.82) is 0 Å². The minimum atomic E-state index is -3.36. The predicted octanol–water partition coefficient (Wildman–Crippen LogP) is 0.616. The first-order valence-electron chi connectivity index (χ1n) is 5.75. The summed E-state index contributed by atoms with van der Waals surface area (Å²) in [5.74, 6) is 0. The van der Waals surface area contributed by atoms with Crippen LogP contribution in [0.2, 0.25) is 0 Å². The molecule has 1 heterocycles. The van der Waals surface area contributed by atoms with Crippen molar-refractivity contribution in [3.05, 3.63) is 16.5 Å². The lowest BCUT2D eigenvalue weighted by Gasteiger charge is -2.09. The number of likely N-dealkylation sites (N-methyl/N-ethyl adjacent to an activating group) is 1. The fraction of sp³-hybridized carbons (Fsp3) is 0.636. The molecule has 0 saturated carbocycles. The van der Waals surface area contributed by atoms with Crippen LogP contribution in [0, 0.1) is 6.92 Å². The summed E-state index contributed by atoms with van der Waals surface area (Å²) >= 11 is 1.32. The summed E-state index contributed by atoms with van der Waals surface area (Å²) in [5.41, 5.74) is 1.02. The first-order valence-corrected chi connectivity index (χ1v) is 8.05. The molecule has 0 atom stereocenters. The van der Waals surface area contributed by atoms with Gasteiger partial charge in [-0.05, 0) is 39.7 Å². The van der Waals surface area contributed by atoms with E-state index < -0.39 is 10.0 Å². The summed E-state index contributed by atoms with van der Waals surface area (Å²) in [6, 6.07) is 1.73. The molecule has 5 nitrogen and oxygen atoms in total. The van der Waals surface area contributed by atoms with Crippen LogP contribution in [0.4, 0.5) is 0 Å². The van der Waals surface area contributed by atoms with Crippen LogP contribution < -0.4 is 10.0 Å². The van der Waals surface area contributed by atoms with E-state index in [9.17, 15) is 8.42 Å². The second-order valence-electron chi connectivity index (χ2n) is 4.40. The van der Waals surface area contributed by atoms with Gasteiger partial charge in [0.2, 0.25) is 10.0 Å². The summed E-state index contributed by atoms with van der Waals surface area (Å²) in [7, 11) is 2.31. The van der Waals surface area contributed by atoms with Gasteiger partial charge in [0.25, 0.3) is 0 Å². The first kappa shape index (κ1) is 15.6. The van der Waals surface area contributed by atoms with Gasteiger partial charge in [-0.25, -0.2) is 13.1 Å². The zero-order valence-corrected chi connectivity index (χ0v) is 12.9. The highest BCUT2D eigenvalue weighted by Crippen LogP contribution is 2.25. The van der Waals surface area contributed by atoms with Gasteiger partial charge in [0.1, 0.15) is 4.21 Å². The van der Waals surface area contributed by atoms with Gasteiger partial charge in [-0.3, -0.25) is 0 Å². The summed E-state index contributed by atoms with van der Waals surface area (Å²) in [5, 5.41) is 3.04. The molecule has 18 heavy (non-hydrogen) atoms. The van der Waals surface area contributed by atoms with Crippen molar-refractivity contribution in [3.63, 3.8) is 0 Å². The molecule has 7 heteroatoms. The van der Waals surface area contributed by atoms with Gasteiger partial charge in [0.05, 0.1) is 0 Å². The van der Waals surface area contributed by atoms with Crippen LogP contribution in [0.5, 0.6) is 0 Å². The van der Waals surface area contributed by atoms with Crippen LogP contribution in [-0.2, 0) is 16.6 Å². The molecule has 1 rings (SSSR count). The Morgan fingerprint density at radius 3 is 2.61 bits per heavy atom. The van der Waals surface area contributed by atoms with Crippen LogP contribution in [0.3, 0.4) is 0 Å². The van der Waals surface area contributed by atoms with Crippen molar-refractivity contribution in [3.8, 4) is 0 Å². The average Bonchev–Trinajstić information content (AvgIpc) is 2.61. The molecule has 1 aromatic rings. The van der Waals surface area contributed by atoms with Crippen LogP contribution >= 0.6 is 11.3 Å². The molecule has 104 valence electrons. The smallest absolute Gasteiger partial charge is 0.250 e. The highest BCUT2D eigenvalue weighted by atomic mass is 32.2. The molecule has 0 aliphatic heterocycles. The molecule has 0 spiro atoms. The Hall–Kier alpha value is -0.470. The average molecular weight is 291 g/mol. The van der Waals surface area contributed by atoms with E-state index in [1.807, 2.05) is 33.0 Å². The zero-order chi connectivity index (χ0) is 13.8. The molecule has 0 aliphatic carbocycles. The molecule has 0 unspecified atom stereocenters. The summed E-state index contributed by atoms with van der Waals surface area (Å²) in [6.07, 6.45) is 0. The van der Waals surface area contributed by atoms with E-state index in [2.05, 4.69) is 10.0 Å². The Morgan fingerprint density at radius 1 is 1.39 bits per heavy atom. The number of rotatable bonds is 7. The summed E-state index contributed by atoms with van der Waals surface area (Å²) < 4.78 is 27.1. The Bertz CT molecular complexity index is 480. The molecule has 0 saturated heterocycles. The Morgan fingerprint density at radius 2 is 2.06 bits per heavy atom. The van der Waals surface area contributed by atoms with Crippen molar-refractivity contribution in [1.82, 2.24) is 14.9 Å². The summed E-state index contributed by atoms with van der Waals surface area (Å²) in [6.45, 7) is 3.74. The number of thiophene rings is 1. The third-order valence-electron chi connectivity index (χ3n) is 2.45. The van der Waals surface area contributed by atoms with E-state index >= 15 is 0 Å². The van der Waals surface area contributed by atoms with Crippen LogP contribution in [-0.4, -0.2) is 47.6 Å².